The second kappa shape index (κ2) is 7.39. The van der Waals surface area contributed by atoms with Crippen molar-refractivity contribution in [2.45, 2.75) is 26.4 Å². The van der Waals surface area contributed by atoms with Crippen LogP contribution >= 0.6 is 0 Å². The molecule has 0 bridgehead atoms. The summed E-state index contributed by atoms with van der Waals surface area (Å²) in [5, 5.41) is 13.7. The SMILES string of the molecule is CCC(CNc1ncc([N+](=O)[O-])c(N)n1)Oc1cccc(C)c1. The fourth-order valence-electron chi connectivity index (χ4n) is 1.97. The molecule has 1 aromatic heterocycles. The van der Waals surface area contributed by atoms with Gasteiger partial charge in [0.2, 0.25) is 11.8 Å². The van der Waals surface area contributed by atoms with Crippen molar-refractivity contribution >= 4 is 17.5 Å². The zero-order chi connectivity index (χ0) is 16.8. The first-order valence-corrected chi connectivity index (χ1v) is 7.23. The van der Waals surface area contributed by atoms with E-state index >= 15 is 0 Å². The summed E-state index contributed by atoms with van der Waals surface area (Å²) in [6.07, 6.45) is 1.79. The Hall–Kier alpha value is -2.90. The predicted molar refractivity (Wildman–Crippen MR) is 87.5 cm³/mol. The maximum absolute atomic E-state index is 10.7. The third kappa shape index (κ3) is 4.53. The van der Waals surface area contributed by atoms with Crippen LogP contribution in [0.5, 0.6) is 5.75 Å². The van der Waals surface area contributed by atoms with Crippen LogP contribution in [0.3, 0.4) is 0 Å². The molecule has 0 saturated heterocycles. The molecule has 0 fully saturated rings. The smallest absolute Gasteiger partial charge is 0.329 e. The third-order valence-corrected chi connectivity index (χ3v) is 3.23. The van der Waals surface area contributed by atoms with Crippen LogP contribution in [0.15, 0.2) is 30.5 Å². The molecule has 1 atom stereocenters. The molecule has 0 radical (unpaired) electrons. The average Bonchev–Trinajstić information content (AvgIpc) is 2.51. The molecule has 1 unspecified atom stereocenters. The van der Waals surface area contributed by atoms with E-state index in [1.165, 1.54) is 0 Å². The lowest BCUT2D eigenvalue weighted by molar-refractivity contribution is -0.384. The van der Waals surface area contributed by atoms with Crippen LogP contribution in [0.1, 0.15) is 18.9 Å². The molecule has 0 aliphatic rings. The first kappa shape index (κ1) is 16.5. The number of anilines is 2. The van der Waals surface area contributed by atoms with Crippen molar-refractivity contribution in [1.82, 2.24) is 9.97 Å². The summed E-state index contributed by atoms with van der Waals surface area (Å²) in [5.41, 5.74) is 6.35. The van der Waals surface area contributed by atoms with Crippen molar-refractivity contribution in [3.8, 4) is 5.75 Å². The standard InChI is InChI=1S/C15H19N5O3/c1-3-11(23-12-6-4-5-10(2)7-12)8-17-15-18-9-13(20(21)22)14(16)19-15/h4-7,9,11H,3,8H2,1-2H3,(H3,16,17,18,19). The minimum absolute atomic E-state index is 0.0863. The lowest BCUT2D eigenvalue weighted by Crippen LogP contribution is -2.26. The van der Waals surface area contributed by atoms with Crippen LogP contribution in [0.2, 0.25) is 0 Å². The number of ether oxygens (including phenoxy) is 1. The van der Waals surface area contributed by atoms with Crippen LogP contribution in [-0.2, 0) is 0 Å². The van der Waals surface area contributed by atoms with Crippen molar-refractivity contribution in [2.24, 2.45) is 0 Å². The number of nitrogens with one attached hydrogen (secondary N) is 1. The van der Waals surface area contributed by atoms with Gasteiger partial charge in [-0.3, -0.25) is 10.1 Å². The fourth-order valence-corrected chi connectivity index (χ4v) is 1.97. The Balaban J connectivity index is 1.97. The van der Waals surface area contributed by atoms with E-state index in [4.69, 9.17) is 10.5 Å². The number of hydrogen-bond acceptors (Lipinski definition) is 7. The molecule has 8 nitrogen and oxygen atoms in total. The molecule has 23 heavy (non-hydrogen) atoms. The van der Waals surface area contributed by atoms with Crippen molar-refractivity contribution in [1.29, 1.82) is 0 Å². The number of aromatic nitrogens is 2. The Morgan fingerprint density at radius 3 is 2.87 bits per heavy atom. The Morgan fingerprint density at radius 2 is 2.26 bits per heavy atom. The predicted octanol–water partition coefficient (Wildman–Crippen LogP) is 2.54. The van der Waals surface area contributed by atoms with Gasteiger partial charge < -0.3 is 15.8 Å². The molecule has 0 saturated carbocycles. The minimum Gasteiger partial charge on any atom is -0.489 e. The van der Waals surface area contributed by atoms with E-state index in [-0.39, 0.29) is 23.6 Å². The van der Waals surface area contributed by atoms with Crippen LogP contribution in [0.4, 0.5) is 17.5 Å². The first-order chi connectivity index (χ1) is 11.0. The summed E-state index contributed by atoms with van der Waals surface area (Å²) in [6.45, 7) is 4.47. The molecule has 2 rings (SSSR count). The maximum Gasteiger partial charge on any atom is 0.329 e. The van der Waals surface area contributed by atoms with Gasteiger partial charge in [0, 0.05) is 0 Å². The highest BCUT2D eigenvalue weighted by Crippen LogP contribution is 2.19. The molecule has 1 aromatic carbocycles. The van der Waals surface area contributed by atoms with Crippen molar-refractivity contribution < 1.29 is 9.66 Å². The van der Waals surface area contributed by atoms with Crippen LogP contribution in [0.25, 0.3) is 0 Å². The minimum atomic E-state index is -0.616. The fraction of sp³-hybridized carbons (Fsp3) is 0.333. The summed E-state index contributed by atoms with van der Waals surface area (Å²) in [5.74, 6) is 0.863. The Kier molecular flexibility index (Phi) is 5.29. The summed E-state index contributed by atoms with van der Waals surface area (Å²) in [4.78, 5) is 17.8. The first-order valence-electron chi connectivity index (χ1n) is 7.23. The average molecular weight is 317 g/mol. The Bertz CT molecular complexity index is 693. The molecule has 2 aromatic rings. The van der Waals surface area contributed by atoms with Crippen LogP contribution in [-0.4, -0.2) is 27.5 Å². The lowest BCUT2D eigenvalue weighted by Gasteiger charge is -2.18. The summed E-state index contributed by atoms with van der Waals surface area (Å²) >= 11 is 0. The molecule has 0 spiro atoms. The van der Waals surface area contributed by atoms with Crippen LogP contribution in [0, 0.1) is 17.0 Å². The largest absolute Gasteiger partial charge is 0.489 e. The molecule has 0 aliphatic heterocycles. The van der Waals surface area contributed by atoms with E-state index in [9.17, 15) is 10.1 Å². The van der Waals surface area contributed by atoms with E-state index in [1.54, 1.807) is 0 Å². The van der Waals surface area contributed by atoms with Gasteiger partial charge in [-0.15, -0.1) is 0 Å². The molecule has 3 N–H and O–H groups in total. The van der Waals surface area contributed by atoms with Gasteiger partial charge in [0.1, 0.15) is 18.1 Å². The number of rotatable bonds is 7. The second-order valence-electron chi connectivity index (χ2n) is 5.07. The number of nitrogens with zero attached hydrogens (tertiary/aromatic N) is 3. The van der Waals surface area contributed by atoms with E-state index in [0.717, 1.165) is 23.9 Å². The molecule has 8 heteroatoms. The summed E-state index contributed by atoms with van der Waals surface area (Å²) < 4.78 is 5.90. The van der Waals surface area contributed by atoms with Gasteiger partial charge in [-0.2, -0.15) is 4.98 Å². The molecule has 0 amide bonds. The number of nitro groups is 1. The number of nitrogen functional groups attached to an aromatic ring is 1. The molecular formula is C15H19N5O3. The van der Waals surface area contributed by atoms with Gasteiger partial charge in [-0.25, -0.2) is 4.98 Å². The van der Waals surface area contributed by atoms with Crippen molar-refractivity contribution in [3.05, 3.63) is 46.1 Å². The third-order valence-electron chi connectivity index (χ3n) is 3.23. The number of nitrogens with two attached hydrogens (primary N) is 1. The van der Waals surface area contributed by atoms with Gasteiger partial charge in [0.25, 0.3) is 0 Å². The topological polar surface area (TPSA) is 116 Å². The van der Waals surface area contributed by atoms with E-state index in [1.807, 2.05) is 38.1 Å². The highest BCUT2D eigenvalue weighted by Gasteiger charge is 2.15. The highest BCUT2D eigenvalue weighted by molar-refractivity contribution is 5.53. The number of hydrogen-bond donors (Lipinski definition) is 2. The quantitative estimate of drug-likeness (QED) is 0.595. The summed E-state index contributed by atoms with van der Waals surface area (Å²) in [7, 11) is 0. The molecule has 1 heterocycles. The maximum atomic E-state index is 10.7. The van der Waals surface area contributed by atoms with Crippen LogP contribution < -0.4 is 15.8 Å². The molecule has 122 valence electrons. The Labute approximate surface area is 133 Å². The lowest BCUT2D eigenvalue weighted by atomic mass is 10.2. The van der Waals surface area contributed by atoms with Gasteiger partial charge in [0.05, 0.1) is 11.5 Å². The van der Waals surface area contributed by atoms with E-state index in [2.05, 4.69) is 15.3 Å². The molecular weight excluding hydrogens is 298 g/mol. The molecule has 0 aliphatic carbocycles. The Morgan fingerprint density at radius 1 is 1.48 bits per heavy atom. The van der Waals surface area contributed by atoms with Gasteiger partial charge in [0.15, 0.2) is 0 Å². The van der Waals surface area contributed by atoms with E-state index in [0.29, 0.717) is 6.54 Å². The zero-order valence-electron chi connectivity index (χ0n) is 13.0. The van der Waals surface area contributed by atoms with Crippen molar-refractivity contribution in [2.75, 3.05) is 17.6 Å². The summed E-state index contributed by atoms with van der Waals surface area (Å²) in [6, 6.07) is 7.80. The zero-order valence-corrected chi connectivity index (χ0v) is 13.0. The monoisotopic (exact) mass is 317 g/mol. The number of aryl methyl sites for hydroxylation is 1. The van der Waals surface area contributed by atoms with E-state index < -0.39 is 4.92 Å². The second-order valence-corrected chi connectivity index (χ2v) is 5.07. The highest BCUT2D eigenvalue weighted by atomic mass is 16.6. The van der Waals surface area contributed by atoms with Crippen molar-refractivity contribution in [3.63, 3.8) is 0 Å². The van der Waals surface area contributed by atoms with Gasteiger partial charge in [-0.05, 0) is 31.0 Å². The number of benzene rings is 1. The normalized spacial score (nSPS) is 11.7. The van der Waals surface area contributed by atoms with Gasteiger partial charge >= 0.3 is 5.69 Å². The van der Waals surface area contributed by atoms with Gasteiger partial charge in [-0.1, -0.05) is 19.1 Å².